The first-order chi connectivity index (χ1) is 14.5. The number of fused-ring (bicyclic) bond motifs is 2. The molecule has 12 heteroatoms. The van der Waals surface area contributed by atoms with Crippen LogP contribution in [0.3, 0.4) is 0 Å². The van der Waals surface area contributed by atoms with Crippen LogP contribution < -0.4 is 0 Å². The third-order valence-corrected chi connectivity index (χ3v) is 4.44. The van der Waals surface area contributed by atoms with Gasteiger partial charge in [0.05, 0.1) is 16.7 Å². The molecule has 0 aromatic heterocycles. The van der Waals surface area contributed by atoms with E-state index in [1.165, 1.54) is 26.0 Å². The molecule has 0 N–H and O–H groups in total. The van der Waals surface area contributed by atoms with Crippen LogP contribution in [0.1, 0.15) is 19.4 Å². The normalized spacial score (nSPS) is 15.6. The van der Waals surface area contributed by atoms with Crippen LogP contribution in [0, 0.1) is 22.5 Å². The molecule has 2 aromatic rings. The van der Waals surface area contributed by atoms with Gasteiger partial charge in [-0.3, -0.25) is 10.1 Å². The molecular weight excluding hydrogens is 462 g/mol. The van der Waals surface area contributed by atoms with E-state index in [0.29, 0.717) is 5.56 Å². The summed E-state index contributed by atoms with van der Waals surface area (Å²) < 4.78 is 0. The first kappa shape index (κ1) is 24.5. The van der Waals surface area contributed by atoms with Gasteiger partial charge in [0.25, 0.3) is 5.69 Å². The third-order valence-electron chi connectivity index (χ3n) is 4.44. The van der Waals surface area contributed by atoms with Gasteiger partial charge in [-0.1, -0.05) is 29.8 Å². The average molecular weight is 477 g/mol. The average Bonchev–Trinajstić information content (AvgIpc) is 2.70. The number of non-ortho nitro benzene ring substituents is 1. The van der Waals surface area contributed by atoms with E-state index in [1.54, 1.807) is 13.0 Å². The van der Waals surface area contributed by atoms with Gasteiger partial charge in [-0.25, -0.2) is 0 Å². The summed E-state index contributed by atoms with van der Waals surface area (Å²) in [5.74, 6) is -4.37. The predicted octanol–water partition coefficient (Wildman–Crippen LogP) is 4.77. The molecule has 0 bridgehead atoms. The number of nitro groups is 1. The maximum absolute atomic E-state index is 12.7. The van der Waals surface area contributed by atoms with E-state index in [9.17, 15) is 29.3 Å². The fourth-order valence-electron chi connectivity index (χ4n) is 2.53. The summed E-state index contributed by atoms with van der Waals surface area (Å²) >= 11 is 0. The second-order valence-electron chi connectivity index (χ2n) is 7.22. The molecule has 1 aliphatic rings. The van der Waals surface area contributed by atoms with Gasteiger partial charge in [-0.15, -0.1) is 22.7 Å². The molecule has 11 nitrogen and oxygen atoms in total. The number of hydrogen-bond acceptors (Lipinski definition) is 6. The maximum atomic E-state index is 12.7. The summed E-state index contributed by atoms with van der Waals surface area (Å²) in [5, 5.41) is 26.1. The second kappa shape index (κ2) is 9.16. The van der Waals surface area contributed by atoms with Crippen LogP contribution in [-0.2, 0) is 36.2 Å². The number of hydrogen-bond donors (Lipinski definition) is 0. The molecule has 164 valence electrons. The van der Waals surface area contributed by atoms with E-state index < -0.39 is 39.7 Å². The van der Waals surface area contributed by atoms with Crippen LogP contribution in [0.5, 0.6) is 0 Å². The van der Waals surface area contributed by atoms with Crippen molar-refractivity contribution in [2.75, 3.05) is 0 Å². The molecule has 32 heavy (non-hydrogen) atoms. The van der Waals surface area contributed by atoms with Gasteiger partial charge >= 0.3 is 17.1 Å². The molecular formula is C20H15FeN5O6. The third kappa shape index (κ3) is 4.93. The molecule has 0 saturated heterocycles. The zero-order valence-corrected chi connectivity index (χ0v) is 18.1. The van der Waals surface area contributed by atoms with Crippen molar-refractivity contribution in [3.8, 4) is 0 Å². The Hall–Kier alpha value is -3.76. The first-order valence-electron chi connectivity index (χ1n) is 8.92. The maximum Gasteiger partial charge on any atom is 4.00 e. The van der Waals surface area contributed by atoms with Crippen molar-refractivity contribution >= 4 is 52.1 Å². The number of amides is 4. The van der Waals surface area contributed by atoms with Gasteiger partial charge in [-0.2, -0.15) is 0 Å². The molecule has 0 aliphatic carbocycles. The predicted molar refractivity (Wildman–Crippen MR) is 110 cm³/mol. The van der Waals surface area contributed by atoms with Gasteiger partial charge in [0, 0.05) is 17.5 Å². The van der Waals surface area contributed by atoms with Crippen LogP contribution in [0.2, 0.25) is 0 Å². The minimum Gasteiger partial charge on any atom is -0.627 e. The summed E-state index contributed by atoms with van der Waals surface area (Å²) in [5.41, 5.74) is -2.12. The van der Waals surface area contributed by atoms with Crippen molar-refractivity contribution in [1.82, 2.24) is 0 Å². The monoisotopic (exact) mass is 477 g/mol. The standard InChI is InChI=1S/C20H19N5O6.Fe/c1-10-4-6-12-14(8-10)21-16(26)17(27)22-15-9-11(25(30)31)5-7-13(15)24-19(29)20(2,3)18(28)23-12;/h4-9H,1-3H3,(H4,21,22,23,24,26,27,28,29);/q;+4/p-4. The van der Waals surface area contributed by atoms with E-state index in [1.807, 2.05) is 0 Å². The summed E-state index contributed by atoms with van der Waals surface area (Å²) in [6, 6.07) is 7.53. The van der Waals surface area contributed by atoms with E-state index in [-0.39, 0.29) is 39.8 Å². The number of nitrogens with zero attached hydrogens (tertiary/aromatic N) is 5. The topological polar surface area (TPSA) is 168 Å². The molecule has 1 aliphatic heterocycles. The Morgan fingerprint density at radius 2 is 1.22 bits per heavy atom. The smallest absolute Gasteiger partial charge is 0.627 e. The van der Waals surface area contributed by atoms with Crippen LogP contribution in [-0.4, -0.2) is 28.6 Å². The molecule has 3 rings (SSSR count). The van der Waals surface area contributed by atoms with Crippen LogP contribution in [0.4, 0.5) is 28.4 Å². The molecule has 0 unspecified atom stereocenters. The van der Waals surface area contributed by atoms with E-state index in [2.05, 4.69) is 21.3 Å². The molecule has 4 amide bonds. The Morgan fingerprint density at radius 1 is 0.750 bits per heavy atom. The minimum atomic E-state index is -1.71. The van der Waals surface area contributed by atoms with Gasteiger partial charge in [0.15, 0.2) is 0 Å². The molecule has 0 saturated carbocycles. The number of benzene rings is 2. The van der Waals surface area contributed by atoms with E-state index >= 15 is 0 Å². The minimum absolute atomic E-state index is 0. The number of aryl methyl sites for hydroxylation is 1. The largest absolute Gasteiger partial charge is 4.00 e. The first-order valence-corrected chi connectivity index (χ1v) is 8.92. The summed E-state index contributed by atoms with van der Waals surface area (Å²) in [7, 11) is 0. The van der Waals surface area contributed by atoms with Crippen LogP contribution in [0.25, 0.3) is 21.3 Å². The van der Waals surface area contributed by atoms with Crippen molar-refractivity contribution in [2.45, 2.75) is 20.8 Å². The van der Waals surface area contributed by atoms with Gasteiger partial charge in [-0.05, 0) is 20.8 Å². The zero-order chi connectivity index (χ0) is 22.9. The van der Waals surface area contributed by atoms with Gasteiger partial charge < -0.3 is 40.4 Å². The molecule has 0 fully saturated rings. The molecule has 2 aromatic carbocycles. The van der Waals surface area contributed by atoms with Crippen molar-refractivity contribution in [1.29, 1.82) is 0 Å². The SMILES string of the molecule is Cc1ccc2c(c1)[N-]C(=O)C(=O)[N-]c1cc([N+](=O)[O-])ccc1[N-]C(=O)C(C)(C)C(=O)[N-]2.[Fe+4]. The quantitative estimate of drug-likeness (QED) is 0.188. The molecule has 1 heterocycles. The second-order valence-corrected chi connectivity index (χ2v) is 7.22. The Labute approximate surface area is 192 Å². The Morgan fingerprint density at radius 3 is 1.72 bits per heavy atom. The van der Waals surface area contributed by atoms with Crippen LogP contribution in [0.15, 0.2) is 36.4 Å². The number of carbonyl (C=O) groups excluding carboxylic acids is 4. The van der Waals surface area contributed by atoms with Crippen molar-refractivity contribution in [3.05, 3.63) is 73.3 Å². The fraction of sp³-hybridized carbons (Fsp3) is 0.200. The van der Waals surface area contributed by atoms with Gasteiger partial charge in [0.1, 0.15) is 11.8 Å². The van der Waals surface area contributed by atoms with E-state index in [4.69, 9.17) is 0 Å². The molecule has 0 atom stereocenters. The Bertz CT molecular complexity index is 1150. The zero-order valence-electron chi connectivity index (χ0n) is 17.0. The van der Waals surface area contributed by atoms with Crippen molar-refractivity contribution in [2.24, 2.45) is 5.41 Å². The molecule has 0 radical (unpaired) electrons. The Kier molecular flexibility index (Phi) is 7.02. The van der Waals surface area contributed by atoms with E-state index in [0.717, 1.165) is 18.2 Å². The van der Waals surface area contributed by atoms with Crippen molar-refractivity contribution < 1.29 is 41.2 Å². The van der Waals surface area contributed by atoms with Crippen LogP contribution >= 0.6 is 0 Å². The summed E-state index contributed by atoms with van der Waals surface area (Å²) in [4.78, 5) is 60.5. The van der Waals surface area contributed by atoms with Crippen molar-refractivity contribution in [3.63, 3.8) is 0 Å². The fourth-order valence-corrected chi connectivity index (χ4v) is 2.53. The number of nitro benzene ring substituents is 1. The van der Waals surface area contributed by atoms with Gasteiger partial charge in [0.2, 0.25) is 0 Å². The Balaban J connectivity index is 0.00000363. The number of carbonyl (C=O) groups is 4. The molecule has 0 spiro atoms. The number of rotatable bonds is 1. The summed E-state index contributed by atoms with van der Waals surface area (Å²) in [6.45, 7) is 4.33. The summed E-state index contributed by atoms with van der Waals surface area (Å²) in [6.07, 6.45) is 0.